The number of rotatable bonds is 5. The van der Waals surface area contributed by atoms with Gasteiger partial charge in [0.25, 0.3) is 0 Å². The second kappa shape index (κ2) is 8.89. The molecule has 1 amide bonds. The Morgan fingerprint density at radius 1 is 1.32 bits per heavy atom. The van der Waals surface area contributed by atoms with E-state index < -0.39 is 0 Å². The zero-order chi connectivity index (χ0) is 15.1. The number of hydrogen-bond acceptors (Lipinski definition) is 3. The third-order valence-electron chi connectivity index (χ3n) is 3.20. The second-order valence-electron chi connectivity index (χ2n) is 4.66. The average molecular weight is 319 g/mol. The van der Waals surface area contributed by atoms with Crippen molar-refractivity contribution in [3.8, 4) is 0 Å². The van der Waals surface area contributed by atoms with Crippen LogP contribution in [0, 0.1) is 0 Å². The van der Waals surface area contributed by atoms with E-state index in [1.54, 1.807) is 12.4 Å². The van der Waals surface area contributed by atoms with Crippen LogP contribution in [0.5, 0.6) is 0 Å². The van der Waals surface area contributed by atoms with Crippen LogP contribution in [-0.4, -0.2) is 16.6 Å². The molecule has 1 atom stereocenters. The van der Waals surface area contributed by atoms with Crippen molar-refractivity contribution in [2.75, 3.05) is 0 Å². The summed E-state index contributed by atoms with van der Waals surface area (Å²) >= 11 is 0. The summed E-state index contributed by atoms with van der Waals surface area (Å²) in [6, 6.07) is 9.20. The van der Waals surface area contributed by atoms with Crippen LogP contribution in [0.25, 0.3) is 0 Å². The van der Waals surface area contributed by atoms with Gasteiger partial charge >= 0.3 is 5.91 Å². The number of nitrogens with one attached hydrogen (secondary N) is 1. The van der Waals surface area contributed by atoms with Gasteiger partial charge in [-0.15, -0.1) is 0 Å². The zero-order valence-electron chi connectivity index (χ0n) is 12.6. The summed E-state index contributed by atoms with van der Waals surface area (Å²) in [6.07, 6.45) is 7.88. The number of pyridine rings is 2. The van der Waals surface area contributed by atoms with Gasteiger partial charge in [-0.05, 0) is 13.0 Å². The molecule has 0 saturated heterocycles. The molecule has 0 spiro atoms. The molecule has 22 heavy (non-hydrogen) atoms. The maximum Gasteiger partial charge on any atom is 0.309 e. The molecular formula is C16H19ClN4O. The van der Waals surface area contributed by atoms with Gasteiger partial charge in [-0.1, -0.05) is 19.1 Å². The molecule has 0 saturated carbocycles. The summed E-state index contributed by atoms with van der Waals surface area (Å²) in [5, 5.41) is 4.15. The predicted molar refractivity (Wildman–Crippen MR) is 80.6 cm³/mol. The fourth-order valence-corrected chi connectivity index (χ4v) is 2.01. The zero-order valence-corrected chi connectivity index (χ0v) is 13.4. The molecule has 0 aliphatic carbocycles. The van der Waals surface area contributed by atoms with Crippen molar-refractivity contribution in [3.63, 3.8) is 0 Å². The van der Waals surface area contributed by atoms with E-state index in [-0.39, 0.29) is 24.4 Å². The van der Waals surface area contributed by atoms with Gasteiger partial charge in [0.05, 0.1) is 5.71 Å². The van der Waals surface area contributed by atoms with Crippen molar-refractivity contribution < 1.29 is 21.8 Å². The molecule has 0 radical (unpaired) electrons. The first-order chi connectivity index (χ1) is 10.2. The van der Waals surface area contributed by atoms with Crippen LogP contribution < -0.4 is 22.4 Å². The number of amides is 1. The quantitative estimate of drug-likeness (QED) is 0.431. The Morgan fingerprint density at radius 2 is 2.05 bits per heavy atom. The van der Waals surface area contributed by atoms with Crippen molar-refractivity contribution in [2.45, 2.75) is 26.3 Å². The Morgan fingerprint density at radius 3 is 2.64 bits per heavy atom. The number of hydrogen-bond donors (Lipinski definition) is 1. The number of hydrazone groups is 1. The van der Waals surface area contributed by atoms with Gasteiger partial charge < -0.3 is 12.4 Å². The molecule has 0 aliphatic heterocycles. The molecule has 2 heterocycles. The molecule has 0 fully saturated rings. The molecule has 1 unspecified atom stereocenters. The lowest BCUT2D eigenvalue weighted by Gasteiger charge is -2.08. The van der Waals surface area contributed by atoms with Crippen LogP contribution in [0.1, 0.15) is 31.9 Å². The van der Waals surface area contributed by atoms with E-state index in [1.165, 1.54) is 0 Å². The first-order valence-electron chi connectivity index (χ1n) is 6.92. The first kappa shape index (κ1) is 17.8. The molecule has 2 rings (SSSR count). The maximum absolute atomic E-state index is 12.3. The monoisotopic (exact) mass is 318 g/mol. The Kier molecular flexibility index (Phi) is 7.19. The topological polar surface area (TPSA) is 58.2 Å². The number of aromatic nitrogens is 2. The predicted octanol–water partition coefficient (Wildman–Crippen LogP) is -1.14. The number of carbonyl (C=O) groups excluding carboxylic acids is 1. The van der Waals surface area contributed by atoms with E-state index in [4.69, 9.17) is 0 Å². The molecule has 0 aromatic carbocycles. The average Bonchev–Trinajstić information content (AvgIpc) is 2.55. The summed E-state index contributed by atoms with van der Waals surface area (Å²) in [5.41, 5.74) is 4.24. The third-order valence-corrected chi connectivity index (χ3v) is 3.20. The lowest BCUT2D eigenvalue weighted by Crippen LogP contribution is -3.00. The first-order valence-corrected chi connectivity index (χ1v) is 6.92. The third kappa shape index (κ3) is 4.63. The van der Waals surface area contributed by atoms with Gasteiger partial charge in [0.1, 0.15) is 0 Å². The summed E-state index contributed by atoms with van der Waals surface area (Å²) in [6.45, 7) is 3.82. The number of carbonyl (C=O) groups is 1. The fraction of sp³-hybridized carbons (Fsp3) is 0.250. The van der Waals surface area contributed by atoms with Crippen molar-refractivity contribution in [1.82, 2.24) is 10.4 Å². The minimum Gasteiger partial charge on any atom is -1.00 e. The highest BCUT2D eigenvalue weighted by Crippen LogP contribution is 2.03. The molecule has 2 aromatic heterocycles. The molecule has 0 bridgehead atoms. The van der Waals surface area contributed by atoms with Crippen molar-refractivity contribution >= 4 is 11.6 Å². The standard InChI is InChI=1S/C16H18N4O.ClH/c1-3-15(20-10-5-4-6-11-20)16(21)19-18-13(2)14-8-7-9-17-12-14;/h4-12,15H,3H2,1-2H3;1H. The SMILES string of the molecule is CCC(C(=O)NN=C(C)c1cccnc1)[n+]1ccccc1.[Cl-]. The summed E-state index contributed by atoms with van der Waals surface area (Å²) in [5.74, 6) is -0.128. The van der Waals surface area contributed by atoms with E-state index in [0.717, 1.165) is 11.3 Å². The Balaban J connectivity index is 0.00000242. The number of nitrogens with zero attached hydrogens (tertiary/aromatic N) is 3. The summed E-state index contributed by atoms with van der Waals surface area (Å²) < 4.78 is 1.88. The van der Waals surface area contributed by atoms with Gasteiger partial charge in [0, 0.05) is 36.5 Å². The molecule has 6 heteroatoms. The normalized spacial score (nSPS) is 12.2. The van der Waals surface area contributed by atoms with E-state index in [2.05, 4.69) is 15.5 Å². The second-order valence-corrected chi connectivity index (χ2v) is 4.66. The summed E-state index contributed by atoms with van der Waals surface area (Å²) in [4.78, 5) is 16.3. The highest BCUT2D eigenvalue weighted by molar-refractivity contribution is 5.99. The van der Waals surface area contributed by atoms with Crippen LogP contribution in [0.15, 0.2) is 60.2 Å². The number of halogens is 1. The van der Waals surface area contributed by atoms with Gasteiger partial charge in [-0.2, -0.15) is 9.67 Å². The van der Waals surface area contributed by atoms with E-state index in [0.29, 0.717) is 6.42 Å². The van der Waals surface area contributed by atoms with Crippen molar-refractivity contribution in [2.24, 2.45) is 5.10 Å². The molecular weight excluding hydrogens is 300 g/mol. The van der Waals surface area contributed by atoms with Crippen molar-refractivity contribution in [1.29, 1.82) is 0 Å². The molecule has 116 valence electrons. The summed E-state index contributed by atoms with van der Waals surface area (Å²) in [7, 11) is 0. The van der Waals surface area contributed by atoms with E-state index >= 15 is 0 Å². The lowest BCUT2D eigenvalue weighted by atomic mass is 10.2. The molecule has 2 aromatic rings. The largest absolute Gasteiger partial charge is 1.00 e. The smallest absolute Gasteiger partial charge is 0.309 e. The van der Waals surface area contributed by atoms with Crippen LogP contribution in [-0.2, 0) is 4.79 Å². The van der Waals surface area contributed by atoms with Crippen molar-refractivity contribution in [3.05, 3.63) is 60.7 Å². The highest BCUT2D eigenvalue weighted by atomic mass is 35.5. The van der Waals surface area contributed by atoms with Gasteiger partial charge in [0.15, 0.2) is 12.4 Å². The lowest BCUT2D eigenvalue weighted by molar-refractivity contribution is -0.709. The molecule has 0 aliphatic rings. The van der Waals surface area contributed by atoms with E-state index in [9.17, 15) is 4.79 Å². The van der Waals surface area contributed by atoms with Gasteiger partial charge in [-0.25, -0.2) is 5.43 Å². The Bertz CT molecular complexity index is 617. The maximum atomic E-state index is 12.3. The van der Waals surface area contributed by atoms with Gasteiger partial charge in [0.2, 0.25) is 6.04 Å². The van der Waals surface area contributed by atoms with Crippen LogP contribution in [0.2, 0.25) is 0 Å². The minimum atomic E-state index is -0.267. The van der Waals surface area contributed by atoms with Crippen LogP contribution in [0.3, 0.4) is 0 Å². The van der Waals surface area contributed by atoms with Crippen LogP contribution >= 0.6 is 0 Å². The Labute approximate surface area is 136 Å². The molecule has 5 nitrogen and oxygen atoms in total. The van der Waals surface area contributed by atoms with E-state index in [1.807, 2.05) is 61.1 Å². The minimum absolute atomic E-state index is 0. The molecule has 1 N–H and O–H groups in total. The van der Waals surface area contributed by atoms with Gasteiger partial charge in [-0.3, -0.25) is 9.78 Å². The highest BCUT2D eigenvalue weighted by Gasteiger charge is 2.24. The van der Waals surface area contributed by atoms with Crippen LogP contribution in [0.4, 0.5) is 0 Å². The Hall–Kier alpha value is -2.27. The fourth-order valence-electron chi connectivity index (χ4n) is 2.01.